The van der Waals surface area contributed by atoms with Crippen molar-refractivity contribution in [2.24, 2.45) is 0 Å². The van der Waals surface area contributed by atoms with Crippen molar-refractivity contribution in [3.63, 3.8) is 0 Å². The van der Waals surface area contributed by atoms with Crippen molar-refractivity contribution in [3.05, 3.63) is 65.7 Å². The van der Waals surface area contributed by atoms with Crippen LogP contribution in [0.2, 0.25) is 0 Å². The molecule has 206 valence electrons. The number of anilines is 1. The molecule has 3 rings (SSSR count). The van der Waals surface area contributed by atoms with Crippen molar-refractivity contribution in [2.75, 3.05) is 5.32 Å². The van der Waals surface area contributed by atoms with Gasteiger partial charge in [0.15, 0.2) is 0 Å². The first kappa shape index (κ1) is 29.3. The Kier molecular flexibility index (Phi) is 12.8. The molecule has 0 saturated heterocycles. The molecule has 1 aliphatic carbocycles. The summed E-state index contributed by atoms with van der Waals surface area (Å²) in [4.78, 5) is 36.4. The molecule has 8 nitrogen and oxygen atoms in total. The van der Waals surface area contributed by atoms with Crippen molar-refractivity contribution in [1.82, 2.24) is 10.8 Å². The molecule has 1 atom stereocenters. The molecule has 0 bridgehead atoms. The second kappa shape index (κ2) is 16.6. The van der Waals surface area contributed by atoms with Crippen LogP contribution in [0, 0.1) is 0 Å². The van der Waals surface area contributed by atoms with Crippen molar-refractivity contribution in [1.29, 1.82) is 0 Å². The monoisotopic (exact) mass is 523 g/mol. The number of amides is 2. The summed E-state index contributed by atoms with van der Waals surface area (Å²) < 4.78 is 5.82. The van der Waals surface area contributed by atoms with Gasteiger partial charge >= 0.3 is 5.97 Å². The van der Waals surface area contributed by atoms with E-state index >= 15 is 0 Å². The maximum Gasteiger partial charge on any atom is 0.323 e. The Bertz CT molecular complexity index is 1010. The van der Waals surface area contributed by atoms with Gasteiger partial charge in [-0.3, -0.25) is 19.6 Å². The summed E-state index contributed by atoms with van der Waals surface area (Å²) >= 11 is 0. The number of rotatable bonds is 16. The van der Waals surface area contributed by atoms with Crippen LogP contribution >= 0.6 is 0 Å². The van der Waals surface area contributed by atoms with Gasteiger partial charge in [0.1, 0.15) is 12.1 Å². The van der Waals surface area contributed by atoms with E-state index in [0.717, 1.165) is 62.6 Å². The van der Waals surface area contributed by atoms with E-state index < -0.39 is 6.04 Å². The highest BCUT2D eigenvalue weighted by Gasteiger charge is 2.25. The highest BCUT2D eigenvalue weighted by Crippen LogP contribution is 2.22. The van der Waals surface area contributed by atoms with Crippen LogP contribution in [0.5, 0.6) is 0 Å². The van der Waals surface area contributed by atoms with Gasteiger partial charge in [0.05, 0.1) is 0 Å². The molecule has 0 spiro atoms. The van der Waals surface area contributed by atoms with E-state index in [0.29, 0.717) is 25.8 Å². The van der Waals surface area contributed by atoms with Crippen LogP contribution in [-0.2, 0) is 32.1 Å². The van der Waals surface area contributed by atoms with Crippen LogP contribution in [0.25, 0.3) is 0 Å². The molecule has 0 aromatic heterocycles. The standard InChI is InChI=1S/C30H41N3O5/c34-28(17-6-1-2-7-18-29(35)33-37)32-25-14-10-13-24(21-25)22-31-27(20-19-23-11-4-3-5-12-23)30(36)38-26-15-8-9-16-26/h3-5,10-14,21,26-27,31,37H,1-2,6-9,15-20,22H2,(H,32,34)(H,33,35). The lowest BCUT2D eigenvalue weighted by atomic mass is 10.0. The minimum atomic E-state index is -0.405. The van der Waals surface area contributed by atoms with Gasteiger partial charge in [-0.2, -0.15) is 0 Å². The van der Waals surface area contributed by atoms with E-state index in [4.69, 9.17) is 9.94 Å². The number of esters is 1. The fraction of sp³-hybridized carbons (Fsp3) is 0.500. The number of hydrogen-bond donors (Lipinski definition) is 4. The molecule has 1 fully saturated rings. The first-order valence-electron chi connectivity index (χ1n) is 13.8. The van der Waals surface area contributed by atoms with Crippen molar-refractivity contribution >= 4 is 23.5 Å². The second-order valence-electron chi connectivity index (χ2n) is 10.00. The third-order valence-electron chi connectivity index (χ3n) is 6.88. The second-order valence-corrected chi connectivity index (χ2v) is 10.00. The van der Waals surface area contributed by atoms with Crippen molar-refractivity contribution < 1.29 is 24.3 Å². The number of unbranched alkanes of at least 4 members (excludes halogenated alkanes) is 3. The Labute approximate surface area is 225 Å². The molecule has 38 heavy (non-hydrogen) atoms. The topological polar surface area (TPSA) is 117 Å². The molecule has 1 unspecified atom stereocenters. The maximum absolute atomic E-state index is 13.0. The highest BCUT2D eigenvalue weighted by atomic mass is 16.5. The summed E-state index contributed by atoms with van der Waals surface area (Å²) in [6.45, 7) is 0.490. The summed E-state index contributed by atoms with van der Waals surface area (Å²) in [6, 6.07) is 17.4. The number of hydroxylamine groups is 1. The van der Waals surface area contributed by atoms with Crippen LogP contribution in [0.4, 0.5) is 5.69 Å². The molecule has 0 aliphatic heterocycles. The molecule has 4 N–H and O–H groups in total. The molecule has 1 aliphatic rings. The number of benzene rings is 2. The van der Waals surface area contributed by atoms with E-state index in [2.05, 4.69) is 22.8 Å². The van der Waals surface area contributed by atoms with Crippen LogP contribution in [0.15, 0.2) is 54.6 Å². The van der Waals surface area contributed by atoms with Gasteiger partial charge in [0.2, 0.25) is 11.8 Å². The van der Waals surface area contributed by atoms with Crippen LogP contribution in [0.3, 0.4) is 0 Å². The molecular formula is C30H41N3O5. The Balaban J connectivity index is 1.46. The summed E-state index contributed by atoms with van der Waals surface area (Å²) in [5.74, 6) is -0.622. The summed E-state index contributed by atoms with van der Waals surface area (Å²) in [6.07, 6.45) is 9.36. The molecule has 2 aromatic rings. The lowest BCUT2D eigenvalue weighted by Gasteiger charge is -2.21. The van der Waals surface area contributed by atoms with Gasteiger partial charge in [-0.1, -0.05) is 55.3 Å². The van der Waals surface area contributed by atoms with Crippen LogP contribution in [0.1, 0.15) is 81.8 Å². The Morgan fingerprint density at radius 2 is 1.55 bits per heavy atom. The number of hydrogen-bond acceptors (Lipinski definition) is 6. The van der Waals surface area contributed by atoms with E-state index in [-0.39, 0.29) is 30.3 Å². The van der Waals surface area contributed by atoms with E-state index in [9.17, 15) is 14.4 Å². The van der Waals surface area contributed by atoms with Gasteiger partial charge in [-0.05, 0) is 74.6 Å². The normalized spacial score (nSPS) is 14.1. The number of carbonyl (C=O) groups is 3. The van der Waals surface area contributed by atoms with Crippen molar-refractivity contribution in [2.45, 2.75) is 95.7 Å². The summed E-state index contributed by atoms with van der Waals surface area (Å²) in [5, 5.41) is 14.8. The predicted octanol–water partition coefficient (Wildman–Crippen LogP) is 5.05. The number of carbonyl (C=O) groups excluding carboxylic acids is 3. The molecular weight excluding hydrogens is 482 g/mol. The zero-order valence-electron chi connectivity index (χ0n) is 22.1. The number of nitrogens with one attached hydrogen (secondary N) is 3. The SMILES string of the molecule is O=C(CCCCCCC(=O)Nc1cccc(CNC(CCc2ccccc2)C(=O)OC2CCCC2)c1)NO. The number of ether oxygens (including phenoxy) is 1. The van der Waals surface area contributed by atoms with Crippen molar-refractivity contribution in [3.8, 4) is 0 Å². The Hall–Kier alpha value is -3.23. The van der Waals surface area contributed by atoms with Crippen LogP contribution < -0.4 is 16.1 Å². The molecule has 0 radical (unpaired) electrons. The third kappa shape index (κ3) is 11.0. The molecule has 0 heterocycles. The lowest BCUT2D eigenvalue weighted by molar-refractivity contribution is -0.151. The third-order valence-corrected chi connectivity index (χ3v) is 6.88. The van der Waals surface area contributed by atoms with E-state index in [1.54, 1.807) is 5.48 Å². The Morgan fingerprint density at radius 1 is 0.868 bits per heavy atom. The molecule has 2 aromatic carbocycles. The van der Waals surface area contributed by atoms with Crippen LogP contribution in [-0.4, -0.2) is 35.1 Å². The van der Waals surface area contributed by atoms with Gasteiger partial charge in [0, 0.05) is 25.1 Å². The summed E-state index contributed by atoms with van der Waals surface area (Å²) in [5.41, 5.74) is 4.51. The molecule has 1 saturated carbocycles. The molecule has 8 heteroatoms. The largest absolute Gasteiger partial charge is 0.461 e. The fourth-order valence-electron chi connectivity index (χ4n) is 4.72. The molecule has 2 amide bonds. The average Bonchev–Trinajstić information content (AvgIpc) is 3.44. The van der Waals surface area contributed by atoms with E-state index in [1.165, 1.54) is 5.56 Å². The van der Waals surface area contributed by atoms with E-state index in [1.807, 2.05) is 42.5 Å². The predicted molar refractivity (Wildman–Crippen MR) is 146 cm³/mol. The quantitative estimate of drug-likeness (QED) is 0.106. The fourth-order valence-corrected chi connectivity index (χ4v) is 4.72. The smallest absolute Gasteiger partial charge is 0.323 e. The minimum absolute atomic E-state index is 0.0297. The number of aryl methyl sites for hydroxylation is 1. The Morgan fingerprint density at radius 3 is 2.26 bits per heavy atom. The first-order valence-corrected chi connectivity index (χ1v) is 13.8. The summed E-state index contributed by atoms with van der Waals surface area (Å²) in [7, 11) is 0. The zero-order chi connectivity index (χ0) is 27.0. The zero-order valence-corrected chi connectivity index (χ0v) is 22.1. The van der Waals surface area contributed by atoms with Gasteiger partial charge < -0.3 is 15.4 Å². The first-order chi connectivity index (χ1) is 18.5. The van der Waals surface area contributed by atoms with Gasteiger partial charge in [-0.15, -0.1) is 0 Å². The average molecular weight is 524 g/mol. The van der Waals surface area contributed by atoms with Gasteiger partial charge in [0.25, 0.3) is 0 Å². The van der Waals surface area contributed by atoms with Gasteiger partial charge in [-0.25, -0.2) is 5.48 Å². The minimum Gasteiger partial charge on any atom is -0.461 e. The maximum atomic E-state index is 13.0. The highest BCUT2D eigenvalue weighted by molar-refractivity contribution is 5.90. The lowest BCUT2D eigenvalue weighted by Crippen LogP contribution is -2.39.